The van der Waals surface area contributed by atoms with Crippen LogP contribution in [0.1, 0.15) is 42.3 Å². The number of rotatable bonds is 4. The maximum absolute atomic E-state index is 11.4. The van der Waals surface area contributed by atoms with Gasteiger partial charge in [0, 0.05) is 0 Å². The van der Waals surface area contributed by atoms with Crippen molar-refractivity contribution in [3.05, 3.63) is 28.8 Å². The molecule has 0 aromatic heterocycles. The summed E-state index contributed by atoms with van der Waals surface area (Å²) in [6.45, 7) is 5.26. The normalized spacial score (nSPS) is 10.6. The number of hydrogen-bond acceptors (Lipinski definition) is 5. The highest BCUT2D eigenvalue weighted by Gasteiger charge is 2.23. The molecule has 21 heavy (non-hydrogen) atoms. The van der Waals surface area contributed by atoms with Gasteiger partial charge in [-0.25, -0.2) is 9.59 Å². The molecule has 0 saturated heterocycles. The smallest absolute Gasteiger partial charge is 0.343 e. The third-order valence-electron chi connectivity index (χ3n) is 2.87. The molecule has 0 aliphatic heterocycles. The van der Waals surface area contributed by atoms with Crippen LogP contribution in [0.2, 0.25) is 0 Å². The van der Waals surface area contributed by atoms with Crippen LogP contribution in [-0.2, 0) is 14.9 Å². The number of carbonyl (C=O) groups is 2. The third-order valence-corrected chi connectivity index (χ3v) is 2.87. The topological polar surface area (TPSA) is 96.6 Å². The zero-order valence-corrected chi connectivity index (χ0v) is 12.4. The van der Waals surface area contributed by atoms with E-state index in [2.05, 4.69) is 4.74 Å². The van der Waals surface area contributed by atoms with Crippen molar-refractivity contribution < 1.29 is 24.2 Å². The maximum Gasteiger partial charge on any atom is 0.343 e. The molecule has 1 aromatic carbocycles. The van der Waals surface area contributed by atoms with Crippen molar-refractivity contribution in [3.8, 4) is 11.8 Å². The first-order valence-corrected chi connectivity index (χ1v) is 6.22. The Morgan fingerprint density at radius 1 is 1.33 bits per heavy atom. The highest BCUT2D eigenvalue weighted by molar-refractivity contribution is 5.92. The fourth-order valence-electron chi connectivity index (χ4n) is 1.65. The number of methoxy groups -OCH3 is 1. The number of esters is 1. The molecule has 0 atom stereocenters. The van der Waals surface area contributed by atoms with E-state index in [-0.39, 0.29) is 22.3 Å². The zero-order chi connectivity index (χ0) is 16.2. The summed E-state index contributed by atoms with van der Waals surface area (Å²) in [6, 6.07) is 4.93. The standard InChI is InChI=1S/C15H17NO5/c1-15(2,3)10-5-9(7-16)13(11(6-10)14(18)19)21-8-12(17)20-4/h5-6H,8H2,1-4H3,(H,18,19). The molecular formula is C15H17NO5. The van der Waals surface area contributed by atoms with Gasteiger partial charge in [-0.1, -0.05) is 20.8 Å². The summed E-state index contributed by atoms with van der Waals surface area (Å²) >= 11 is 0. The lowest BCUT2D eigenvalue weighted by Gasteiger charge is -2.21. The van der Waals surface area contributed by atoms with Gasteiger partial charge in [0.1, 0.15) is 11.6 Å². The molecule has 0 amide bonds. The molecule has 0 radical (unpaired) electrons. The molecule has 112 valence electrons. The predicted molar refractivity (Wildman–Crippen MR) is 74.3 cm³/mol. The van der Waals surface area contributed by atoms with Crippen LogP contribution < -0.4 is 4.74 Å². The molecule has 0 unspecified atom stereocenters. The van der Waals surface area contributed by atoms with Crippen LogP contribution >= 0.6 is 0 Å². The fourth-order valence-corrected chi connectivity index (χ4v) is 1.65. The van der Waals surface area contributed by atoms with Crippen molar-refractivity contribution in [2.75, 3.05) is 13.7 Å². The van der Waals surface area contributed by atoms with Gasteiger partial charge in [-0.15, -0.1) is 0 Å². The Bertz CT molecular complexity index is 608. The number of nitrogens with zero attached hydrogens (tertiary/aromatic N) is 1. The Kier molecular flexibility index (Phi) is 4.93. The molecular weight excluding hydrogens is 274 g/mol. The largest absolute Gasteiger partial charge is 0.480 e. The van der Waals surface area contributed by atoms with Gasteiger partial charge in [-0.05, 0) is 23.1 Å². The van der Waals surface area contributed by atoms with Crippen molar-refractivity contribution >= 4 is 11.9 Å². The number of aromatic carboxylic acids is 1. The molecule has 0 fully saturated rings. The molecule has 1 N–H and O–H groups in total. The molecule has 0 aliphatic rings. The monoisotopic (exact) mass is 291 g/mol. The van der Waals surface area contributed by atoms with Crippen LogP contribution in [0.15, 0.2) is 12.1 Å². The van der Waals surface area contributed by atoms with Gasteiger partial charge >= 0.3 is 11.9 Å². The highest BCUT2D eigenvalue weighted by atomic mass is 16.6. The van der Waals surface area contributed by atoms with E-state index in [1.807, 2.05) is 26.8 Å². The van der Waals surface area contributed by atoms with Crippen LogP contribution in [0.3, 0.4) is 0 Å². The maximum atomic E-state index is 11.4. The Morgan fingerprint density at radius 3 is 2.38 bits per heavy atom. The van der Waals surface area contributed by atoms with Gasteiger partial charge in [-0.2, -0.15) is 5.26 Å². The molecule has 6 nitrogen and oxygen atoms in total. The van der Waals surface area contributed by atoms with E-state index in [4.69, 9.17) is 4.74 Å². The molecule has 0 spiro atoms. The molecule has 1 aromatic rings. The summed E-state index contributed by atoms with van der Waals surface area (Å²) in [5.74, 6) is -2.00. The van der Waals surface area contributed by atoms with Gasteiger partial charge < -0.3 is 14.6 Å². The van der Waals surface area contributed by atoms with Gasteiger partial charge in [0.2, 0.25) is 0 Å². The second-order valence-electron chi connectivity index (χ2n) is 5.43. The fraction of sp³-hybridized carbons (Fsp3) is 0.400. The van der Waals surface area contributed by atoms with Gasteiger partial charge in [-0.3, -0.25) is 0 Å². The molecule has 0 bridgehead atoms. The quantitative estimate of drug-likeness (QED) is 0.853. The molecule has 0 heterocycles. The van der Waals surface area contributed by atoms with E-state index in [9.17, 15) is 20.0 Å². The predicted octanol–water partition coefficient (Wildman–Crippen LogP) is 2.11. The Balaban J connectivity index is 3.38. The van der Waals surface area contributed by atoms with Crippen LogP contribution in [0, 0.1) is 11.3 Å². The van der Waals surface area contributed by atoms with E-state index in [1.165, 1.54) is 13.2 Å². The lowest BCUT2D eigenvalue weighted by Crippen LogP contribution is -2.17. The lowest BCUT2D eigenvalue weighted by atomic mass is 9.85. The first-order valence-electron chi connectivity index (χ1n) is 6.22. The second kappa shape index (κ2) is 6.27. The number of hydrogen-bond donors (Lipinski definition) is 1. The molecule has 0 aliphatic carbocycles. The number of carbonyl (C=O) groups excluding carboxylic acids is 1. The minimum absolute atomic E-state index is 0.0729. The van der Waals surface area contributed by atoms with Crippen molar-refractivity contribution in [1.29, 1.82) is 5.26 Å². The van der Waals surface area contributed by atoms with Crippen molar-refractivity contribution in [2.24, 2.45) is 0 Å². The Labute approximate surface area is 122 Å². The van der Waals surface area contributed by atoms with Gasteiger partial charge in [0.15, 0.2) is 12.4 Å². The Hall–Kier alpha value is -2.55. The minimum Gasteiger partial charge on any atom is -0.480 e. The van der Waals surface area contributed by atoms with Crippen molar-refractivity contribution in [3.63, 3.8) is 0 Å². The van der Waals surface area contributed by atoms with Crippen molar-refractivity contribution in [1.82, 2.24) is 0 Å². The number of nitriles is 1. The summed E-state index contributed by atoms with van der Waals surface area (Å²) in [5, 5.41) is 18.5. The van der Waals surface area contributed by atoms with Gasteiger partial charge in [0.25, 0.3) is 0 Å². The number of benzene rings is 1. The van der Waals surface area contributed by atoms with Crippen LogP contribution in [-0.4, -0.2) is 30.8 Å². The summed E-state index contributed by atoms with van der Waals surface area (Å²) in [7, 11) is 1.19. The van der Waals surface area contributed by atoms with E-state index in [0.29, 0.717) is 5.56 Å². The van der Waals surface area contributed by atoms with Crippen LogP contribution in [0.5, 0.6) is 5.75 Å². The Morgan fingerprint density at radius 2 is 1.95 bits per heavy atom. The molecule has 0 saturated carbocycles. The van der Waals surface area contributed by atoms with E-state index in [1.54, 1.807) is 6.07 Å². The average molecular weight is 291 g/mol. The summed E-state index contributed by atoms with van der Waals surface area (Å²) in [4.78, 5) is 22.5. The number of ether oxygens (including phenoxy) is 2. The van der Waals surface area contributed by atoms with Crippen molar-refractivity contribution in [2.45, 2.75) is 26.2 Å². The molecule has 1 rings (SSSR count). The van der Waals surface area contributed by atoms with Crippen LogP contribution in [0.4, 0.5) is 0 Å². The molecule has 6 heteroatoms. The lowest BCUT2D eigenvalue weighted by molar-refractivity contribution is -0.142. The zero-order valence-electron chi connectivity index (χ0n) is 12.4. The second-order valence-corrected chi connectivity index (χ2v) is 5.43. The SMILES string of the molecule is COC(=O)COc1c(C#N)cc(C(C)(C)C)cc1C(=O)O. The van der Waals surface area contributed by atoms with Crippen LogP contribution in [0.25, 0.3) is 0 Å². The summed E-state index contributed by atoms with van der Waals surface area (Å²) in [6.07, 6.45) is 0. The summed E-state index contributed by atoms with van der Waals surface area (Å²) in [5.41, 5.74) is 0.296. The minimum atomic E-state index is -1.22. The van der Waals surface area contributed by atoms with E-state index in [0.717, 1.165) is 0 Å². The van der Waals surface area contributed by atoms with Gasteiger partial charge in [0.05, 0.1) is 12.7 Å². The number of carboxylic acid groups (broad SMARTS) is 1. The summed E-state index contributed by atoms with van der Waals surface area (Å²) < 4.78 is 9.59. The first kappa shape index (κ1) is 16.5. The number of carboxylic acids is 1. The van der Waals surface area contributed by atoms with E-state index >= 15 is 0 Å². The first-order chi connectivity index (χ1) is 9.70. The van der Waals surface area contributed by atoms with E-state index < -0.39 is 18.5 Å². The highest BCUT2D eigenvalue weighted by Crippen LogP contribution is 2.31. The average Bonchev–Trinajstić information content (AvgIpc) is 2.42. The third kappa shape index (κ3) is 3.96.